The Labute approximate surface area is 160 Å². The van der Waals surface area contributed by atoms with Crippen molar-refractivity contribution in [2.75, 3.05) is 10.0 Å². The van der Waals surface area contributed by atoms with Crippen LogP contribution in [-0.2, 0) is 10.0 Å². The number of benzene rings is 3. The molecule has 0 atom stereocenters. The Morgan fingerprint density at radius 1 is 0.741 bits per heavy atom. The molecule has 0 fully saturated rings. The second kappa shape index (κ2) is 8.14. The highest BCUT2D eigenvalue weighted by Gasteiger charge is 2.14. The summed E-state index contributed by atoms with van der Waals surface area (Å²) in [6.07, 6.45) is 0.0357. The first-order chi connectivity index (χ1) is 12.9. The molecule has 3 aromatic carbocycles. The molecule has 0 saturated heterocycles. The maximum Gasteiger partial charge on any atom is 0.261 e. The van der Waals surface area contributed by atoms with Crippen LogP contribution in [0, 0.1) is 0 Å². The molecule has 0 unspecified atom stereocenters. The zero-order valence-corrected chi connectivity index (χ0v) is 16.0. The summed E-state index contributed by atoms with van der Waals surface area (Å²) in [5.74, 6) is 0.639. The quantitative estimate of drug-likeness (QED) is 0.602. The van der Waals surface area contributed by atoms with E-state index >= 15 is 0 Å². The van der Waals surface area contributed by atoms with Crippen molar-refractivity contribution < 1.29 is 13.2 Å². The molecule has 2 N–H and O–H groups in total. The minimum absolute atomic E-state index is 0.0357. The third-order valence-corrected chi connectivity index (χ3v) is 5.10. The van der Waals surface area contributed by atoms with Gasteiger partial charge in [0.25, 0.3) is 10.0 Å². The van der Waals surface area contributed by atoms with Gasteiger partial charge in [-0.2, -0.15) is 0 Å². The van der Waals surface area contributed by atoms with Gasteiger partial charge in [-0.05, 0) is 74.5 Å². The molecule has 140 valence electrons. The van der Waals surface area contributed by atoms with E-state index < -0.39 is 10.0 Å². The van der Waals surface area contributed by atoms with Gasteiger partial charge in [0.2, 0.25) is 0 Å². The van der Waals surface area contributed by atoms with Crippen molar-refractivity contribution in [2.45, 2.75) is 24.8 Å². The minimum Gasteiger partial charge on any atom is -0.491 e. The smallest absolute Gasteiger partial charge is 0.261 e. The van der Waals surface area contributed by atoms with Crippen LogP contribution in [0.5, 0.6) is 5.75 Å². The van der Waals surface area contributed by atoms with Gasteiger partial charge in [-0.25, -0.2) is 8.42 Å². The van der Waals surface area contributed by atoms with Crippen molar-refractivity contribution in [1.29, 1.82) is 0 Å². The van der Waals surface area contributed by atoms with Crippen molar-refractivity contribution >= 4 is 27.1 Å². The molecule has 0 amide bonds. The van der Waals surface area contributed by atoms with Crippen molar-refractivity contribution in [1.82, 2.24) is 0 Å². The lowest BCUT2D eigenvalue weighted by molar-refractivity contribution is 0.242. The number of nitrogens with one attached hydrogen (secondary N) is 2. The van der Waals surface area contributed by atoms with Crippen LogP contribution in [0.2, 0.25) is 0 Å². The molecular formula is C21H22N2O3S. The van der Waals surface area contributed by atoms with E-state index in [1.807, 2.05) is 56.3 Å². The van der Waals surface area contributed by atoms with Crippen molar-refractivity contribution in [3.05, 3.63) is 78.9 Å². The molecule has 0 aromatic heterocycles. The first-order valence-corrected chi connectivity index (χ1v) is 10.1. The zero-order chi connectivity index (χ0) is 19.3. The van der Waals surface area contributed by atoms with Crippen LogP contribution in [0.1, 0.15) is 13.8 Å². The maximum absolute atomic E-state index is 12.5. The number of hydrogen-bond donors (Lipinski definition) is 2. The first kappa shape index (κ1) is 18.8. The number of para-hydroxylation sites is 1. The summed E-state index contributed by atoms with van der Waals surface area (Å²) in [4.78, 5) is 0.185. The Balaban J connectivity index is 1.68. The number of rotatable bonds is 7. The van der Waals surface area contributed by atoms with Crippen LogP contribution in [0.15, 0.2) is 83.8 Å². The highest BCUT2D eigenvalue weighted by Crippen LogP contribution is 2.22. The molecule has 3 aromatic rings. The molecule has 0 heterocycles. The fourth-order valence-electron chi connectivity index (χ4n) is 2.49. The third-order valence-electron chi connectivity index (χ3n) is 3.71. The largest absolute Gasteiger partial charge is 0.491 e. The molecule has 6 heteroatoms. The summed E-state index contributed by atoms with van der Waals surface area (Å²) in [5.41, 5.74) is 2.34. The van der Waals surface area contributed by atoms with Gasteiger partial charge in [-0.3, -0.25) is 4.72 Å². The molecule has 0 bridgehead atoms. The average Bonchev–Trinajstić information content (AvgIpc) is 2.64. The summed E-state index contributed by atoms with van der Waals surface area (Å²) >= 11 is 0. The normalized spacial score (nSPS) is 11.2. The lowest BCUT2D eigenvalue weighted by atomic mass is 10.2. The molecule has 27 heavy (non-hydrogen) atoms. The molecule has 0 aliphatic rings. The van der Waals surface area contributed by atoms with E-state index in [-0.39, 0.29) is 11.0 Å². The molecular weight excluding hydrogens is 360 g/mol. The predicted octanol–water partition coefficient (Wildman–Crippen LogP) is 5.02. The summed E-state index contributed by atoms with van der Waals surface area (Å²) in [6.45, 7) is 3.84. The number of hydrogen-bond acceptors (Lipinski definition) is 4. The van der Waals surface area contributed by atoms with E-state index in [0.29, 0.717) is 11.4 Å². The van der Waals surface area contributed by atoms with E-state index in [1.165, 1.54) is 12.1 Å². The Hall–Kier alpha value is -2.99. The van der Waals surface area contributed by atoms with Crippen LogP contribution < -0.4 is 14.8 Å². The number of anilines is 3. The predicted molar refractivity (Wildman–Crippen MR) is 109 cm³/mol. The highest BCUT2D eigenvalue weighted by molar-refractivity contribution is 7.92. The SMILES string of the molecule is CC(C)Oc1ccc(S(=O)(=O)Nc2ccc(Nc3ccccc3)cc2)cc1. The minimum atomic E-state index is -3.66. The Morgan fingerprint density at radius 3 is 1.89 bits per heavy atom. The van der Waals surface area contributed by atoms with Gasteiger partial charge in [-0.15, -0.1) is 0 Å². The van der Waals surface area contributed by atoms with Crippen LogP contribution in [0.4, 0.5) is 17.1 Å². The summed E-state index contributed by atoms with van der Waals surface area (Å²) < 4.78 is 33.2. The van der Waals surface area contributed by atoms with Gasteiger partial charge >= 0.3 is 0 Å². The van der Waals surface area contributed by atoms with Crippen molar-refractivity contribution in [2.24, 2.45) is 0 Å². The summed E-state index contributed by atoms with van der Waals surface area (Å²) in [5, 5.41) is 3.26. The maximum atomic E-state index is 12.5. The number of ether oxygens (including phenoxy) is 1. The van der Waals surface area contributed by atoms with Gasteiger partial charge in [0.1, 0.15) is 5.75 Å². The zero-order valence-electron chi connectivity index (χ0n) is 15.2. The van der Waals surface area contributed by atoms with Gasteiger partial charge in [-0.1, -0.05) is 18.2 Å². The molecule has 0 aliphatic carbocycles. The topological polar surface area (TPSA) is 67.4 Å². The molecule has 0 saturated carbocycles. The van der Waals surface area contributed by atoms with Crippen LogP contribution in [-0.4, -0.2) is 14.5 Å². The summed E-state index contributed by atoms with van der Waals surface area (Å²) in [7, 11) is -3.66. The van der Waals surface area contributed by atoms with Gasteiger partial charge in [0, 0.05) is 17.1 Å². The van der Waals surface area contributed by atoms with Gasteiger partial charge < -0.3 is 10.1 Å². The molecule has 0 radical (unpaired) electrons. The van der Waals surface area contributed by atoms with Crippen LogP contribution in [0.3, 0.4) is 0 Å². The van der Waals surface area contributed by atoms with Gasteiger partial charge in [0.15, 0.2) is 0 Å². The Bertz CT molecular complexity index is 968. The fourth-order valence-corrected chi connectivity index (χ4v) is 3.55. The second-order valence-corrected chi connectivity index (χ2v) is 7.99. The van der Waals surface area contributed by atoms with E-state index in [4.69, 9.17) is 4.74 Å². The highest BCUT2D eigenvalue weighted by atomic mass is 32.2. The van der Waals surface area contributed by atoms with Crippen molar-refractivity contribution in [3.63, 3.8) is 0 Å². The molecule has 0 aliphatic heterocycles. The fraction of sp³-hybridized carbons (Fsp3) is 0.143. The molecule has 0 spiro atoms. The van der Waals surface area contributed by atoms with Gasteiger partial charge in [0.05, 0.1) is 11.0 Å². The lowest BCUT2D eigenvalue weighted by Gasteiger charge is -2.12. The third kappa shape index (κ3) is 5.24. The van der Waals surface area contributed by atoms with E-state index in [9.17, 15) is 8.42 Å². The van der Waals surface area contributed by atoms with E-state index in [1.54, 1.807) is 24.3 Å². The standard InChI is InChI=1S/C21H22N2O3S/c1-16(2)26-20-12-14-21(15-13-20)27(24,25)23-19-10-8-18(9-11-19)22-17-6-4-3-5-7-17/h3-16,22-23H,1-2H3. The van der Waals surface area contributed by atoms with Crippen LogP contribution >= 0.6 is 0 Å². The van der Waals surface area contributed by atoms with E-state index in [0.717, 1.165) is 11.4 Å². The second-order valence-electron chi connectivity index (χ2n) is 6.31. The first-order valence-electron chi connectivity index (χ1n) is 8.64. The molecule has 3 rings (SSSR count). The molecule has 5 nitrogen and oxygen atoms in total. The Kier molecular flexibility index (Phi) is 5.66. The number of sulfonamides is 1. The monoisotopic (exact) mass is 382 g/mol. The van der Waals surface area contributed by atoms with E-state index in [2.05, 4.69) is 10.0 Å². The summed E-state index contributed by atoms with van der Waals surface area (Å²) in [6, 6.07) is 23.2. The van der Waals surface area contributed by atoms with Crippen LogP contribution in [0.25, 0.3) is 0 Å². The average molecular weight is 382 g/mol. The Morgan fingerprint density at radius 2 is 1.30 bits per heavy atom. The van der Waals surface area contributed by atoms with Crippen molar-refractivity contribution in [3.8, 4) is 5.75 Å². The lowest BCUT2D eigenvalue weighted by Crippen LogP contribution is -2.13.